The van der Waals surface area contributed by atoms with Crippen LogP contribution < -0.4 is 26.0 Å². The number of nitrogens with one attached hydrogen (secondary N) is 4. The van der Waals surface area contributed by atoms with Crippen LogP contribution >= 0.6 is 0 Å². The topological polar surface area (TPSA) is 202 Å². The van der Waals surface area contributed by atoms with Crippen LogP contribution in [0.25, 0.3) is 11.1 Å². The maximum atomic E-state index is 12.7. The number of amides is 3. The normalized spacial score (nSPS) is 12.9. The van der Waals surface area contributed by atoms with E-state index in [4.69, 9.17) is 17.3 Å². The Bertz CT molecular complexity index is 1420. The SMILES string of the molecule is [B]C(O)(O)NC(=O)c1nnc(NC(=O)C2CC2)cc1Nc1cccc(-c2cnn(CCNC(=O)COC)c2)c1OC. The summed E-state index contributed by atoms with van der Waals surface area (Å²) in [6, 6.07) is 6.63. The summed E-state index contributed by atoms with van der Waals surface area (Å²) in [6.07, 6.45) is 4.98. The summed E-state index contributed by atoms with van der Waals surface area (Å²) >= 11 is 0. The highest BCUT2D eigenvalue weighted by molar-refractivity contribution is 6.15. The van der Waals surface area contributed by atoms with Crippen molar-refractivity contribution in [2.24, 2.45) is 5.92 Å². The standard InChI is InChI=1S/C25H29BN8O7/c1-40-13-20(35)27-8-9-34-12-15(11-28-34)16-4-3-5-17(22(16)41-2)29-18-10-19(30-23(36)14-6-7-14)32-33-21(18)24(37)31-25(26,38)39/h3-5,10-12,14,38-39H,6-9,13H2,1-2H3,(H,27,35)(H,31,37)(H2,29,30,32,36). The highest BCUT2D eigenvalue weighted by Crippen LogP contribution is 2.38. The van der Waals surface area contributed by atoms with Crippen molar-refractivity contribution in [1.29, 1.82) is 0 Å². The van der Waals surface area contributed by atoms with Crippen molar-refractivity contribution in [3.05, 3.63) is 42.4 Å². The lowest BCUT2D eigenvalue weighted by Gasteiger charge is -2.20. The highest BCUT2D eigenvalue weighted by Gasteiger charge is 2.30. The first-order valence-electron chi connectivity index (χ1n) is 12.5. The van der Waals surface area contributed by atoms with Crippen molar-refractivity contribution in [2.75, 3.05) is 38.0 Å². The first-order chi connectivity index (χ1) is 19.6. The van der Waals surface area contributed by atoms with Gasteiger partial charge in [-0.15, -0.1) is 10.2 Å². The summed E-state index contributed by atoms with van der Waals surface area (Å²) in [5, 5.41) is 41.2. The number of hydrogen-bond acceptors (Lipinski definition) is 11. The summed E-state index contributed by atoms with van der Waals surface area (Å²) in [4.78, 5) is 36.6. The lowest BCUT2D eigenvalue weighted by molar-refractivity contribution is -0.124. The molecule has 0 aliphatic heterocycles. The van der Waals surface area contributed by atoms with Gasteiger partial charge in [-0.3, -0.25) is 19.1 Å². The number of aliphatic hydroxyl groups is 2. The summed E-state index contributed by atoms with van der Waals surface area (Å²) in [6.45, 7) is 0.747. The van der Waals surface area contributed by atoms with E-state index in [9.17, 15) is 24.6 Å². The van der Waals surface area contributed by atoms with Crippen LogP contribution in [0.1, 0.15) is 23.3 Å². The Hall–Kier alpha value is -4.54. The molecule has 0 spiro atoms. The zero-order valence-corrected chi connectivity index (χ0v) is 22.4. The molecular formula is C25H29BN8O7. The maximum Gasteiger partial charge on any atom is 0.277 e. The minimum absolute atomic E-state index is 0.0286. The summed E-state index contributed by atoms with van der Waals surface area (Å²) in [7, 11) is 8.02. The van der Waals surface area contributed by atoms with Crippen molar-refractivity contribution < 1.29 is 34.1 Å². The number of para-hydroxylation sites is 1. The lowest BCUT2D eigenvalue weighted by atomic mass is 10.0. The number of anilines is 3. The van der Waals surface area contributed by atoms with Gasteiger partial charge < -0.3 is 41.0 Å². The smallest absolute Gasteiger partial charge is 0.277 e. The van der Waals surface area contributed by atoms with Gasteiger partial charge in [0.25, 0.3) is 5.91 Å². The Morgan fingerprint density at radius 1 is 1.17 bits per heavy atom. The molecule has 2 heterocycles. The predicted molar refractivity (Wildman–Crippen MR) is 146 cm³/mol. The van der Waals surface area contributed by atoms with Gasteiger partial charge in [0, 0.05) is 43.0 Å². The van der Waals surface area contributed by atoms with Crippen LogP contribution in [0.5, 0.6) is 5.75 Å². The fourth-order valence-corrected chi connectivity index (χ4v) is 3.86. The van der Waals surface area contributed by atoms with Crippen LogP contribution in [0, 0.1) is 5.92 Å². The zero-order valence-electron chi connectivity index (χ0n) is 22.4. The van der Waals surface area contributed by atoms with E-state index >= 15 is 0 Å². The molecular weight excluding hydrogens is 535 g/mol. The van der Waals surface area contributed by atoms with Crippen LogP contribution in [-0.4, -0.2) is 88.9 Å². The third kappa shape index (κ3) is 8.00. The van der Waals surface area contributed by atoms with Crippen LogP contribution in [0.3, 0.4) is 0 Å². The number of carbonyl (C=O) groups excluding carboxylic acids is 3. The minimum atomic E-state index is -3.00. The molecule has 2 radical (unpaired) electrons. The van der Waals surface area contributed by atoms with E-state index in [0.717, 1.165) is 12.8 Å². The Labute approximate surface area is 236 Å². The minimum Gasteiger partial charge on any atom is -0.494 e. The number of rotatable bonds is 13. The van der Waals surface area contributed by atoms with Crippen LogP contribution in [0.4, 0.5) is 17.2 Å². The predicted octanol–water partition coefficient (Wildman–Crippen LogP) is -0.302. The molecule has 4 rings (SSSR count). The average Bonchev–Trinajstić information content (AvgIpc) is 3.66. The van der Waals surface area contributed by atoms with Gasteiger partial charge in [0.2, 0.25) is 11.8 Å². The molecule has 41 heavy (non-hydrogen) atoms. The number of nitrogens with zero attached hydrogens (tertiary/aromatic N) is 4. The van der Waals surface area contributed by atoms with Gasteiger partial charge in [-0.1, -0.05) is 12.1 Å². The third-order valence-electron chi connectivity index (χ3n) is 5.88. The van der Waals surface area contributed by atoms with E-state index in [2.05, 4.69) is 31.2 Å². The van der Waals surface area contributed by atoms with Gasteiger partial charge in [-0.2, -0.15) is 5.10 Å². The lowest BCUT2D eigenvalue weighted by Crippen LogP contribution is -2.49. The van der Waals surface area contributed by atoms with E-state index in [-0.39, 0.29) is 41.5 Å². The van der Waals surface area contributed by atoms with Gasteiger partial charge >= 0.3 is 0 Å². The molecule has 0 atom stereocenters. The highest BCUT2D eigenvalue weighted by atomic mass is 16.5. The van der Waals surface area contributed by atoms with E-state index < -0.39 is 11.7 Å². The molecule has 0 bridgehead atoms. The van der Waals surface area contributed by atoms with Crippen molar-refractivity contribution in [3.63, 3.8) is 0 Å². The Morgan fingerprint density at radius 2 is 1.95 bits per heavy atom. The van der Waals surface area contributed by atoms with Gasteiger partial charge in [-0.05, 0) is 18.9 Å². The van der Waals surface area contributed by atoms with E-state index in [1.165, 1.54) is 20.3 Å². The molecule has 1 saturated carbocycles. The molecule has 3 amide bonds. The second-order valence-electron chi connectivity index (χ2n) is 9.22. The van der Waals surface area contributed by atoms with Gasteiger partial charge in [0.15, 0.2) is 25.2 Å². The van der Waals surface area contributed by atoms with E-state index in [1.807, 2.05) is 6.07 Å². The number of methoxy groups -OCH3 is 2. The quantitative estimate of drug-likeness (QED) is 0.118. The molecule has 6 N–H and O–H groups in total. The van der Waals surface area contributed by atoms with Crippen molar-refractivity contribution in [1.82, 2.24) is 30.6 Å². The second-order valence-corrected chi connectivity index (χ2v) is 9.22. The van der Waals surface area contributed by atoms with Crippen molar-refractivity contribution in [2.45, 2.75) is 25.2 Å². The van der Waals surface area contributed by atoms with Crippen molar-refractivity contribution >= 4 is 42.8 Å². The number of hydrogen-bond donors (Lipinski definition) is 6. The molecule has 0 saturated heterocycles. The van der Waals surface area contributed by atoms with Gasteiger partial charge in [-0.25, -0.2) is 0 Å². The fourth-order valence-electron chi connectivity index (χ4n) is 3.86. The number of aromatic nitrogens is 4. The molecule has 1 aliphatic rings. The molecule has 3 aromatic rings. The molecule has 16 heteroatoms. The summed E-state index contributed by atoms with van der Waals surface area (Å²) in [5.74, 6) is -4.11. The van der Waals surface area contributed by atoms with E-state index in [0.29, 0.717) is 35.7 Å². The summed E-state index contributed by atoms with van der Waals surface area (Å²) < 4.78 is 12.1. The Kier molecular flexibility index (Phi) is 9.16. The monoisotopic (exact) mass is 564 g/mol. The average molecular weight is 564 g/mol. The maximum absolute atomic E-state index is 12.7. The molecule has 1 aromatic carbocycles. The second kappa shape index (κ2) is 12.8. The number of benzene rings is 1. The van der Waals surface area contributed by atoms with Crippen LogP contribution in [0.2, 0.25) is 0 Å². The first kappa shape index (κ1) is 29.4. The fraction of sp³-hybridized carbons (Fsp3) is 0.360. The first-order valence-corrected chi connectivity index (χ1v) is 12.5. The zero-order chi connectivity index (χ0) is 29.6. The Balaban J connectivity index is 1.60. The largest absolute Gasteiger partial charge is 0.494 e. The van der Waals surface area contributed by atoms with E-state index in [1.54, 1.807) is 34.5 Å². The molecule has 1 aliphatic carbocycles. The van der Waals surface area contributed by atoms with Crippen LogP contribution in [-0.2, 0) is 20.9 Å². The number of carbonyl (C=O) groups is 3. The third-order valence-corrected chi connectivity index (χ3v) is 5.88. The van der Waals surface area contributed by atoms with Crippen molar-refractivity contribution in [3.8, 4) is 16.9 Å². The molecule has 2 aromatic heterocycles. The summed E-state index contributed by atoms with van der Waals surface area (Å²) in [5.41, 5.74) is 1.53. The Morgan fingerprint density at radius 3 is 2.63 bits per heavy atom. The molecule has 1 fully saturated rings. The molecule has 0 unspecified atom stereocenters. The van der Waals surface area contributed by atoms with Gasteiger partial charge in [0.1, 0.15) is 12.4 Å². The molecule has 15 nitrogen and oxygen atoms in total. The number of ether oxygens (including phenoxy) is 2. The van der Waals surface area contributed by atoms with Crippen LogP contribution in [0.15, 0.2) is 36.7 Å². The van der Waals surface area contributed by atoms with Gasteiger partial charge in [0.05, 0.1) is 31.2 Å². The molecule has 214 valence electrons.